The normalized spacial score (nSPS) is 17.6. The number of fused-ring (bicyclic) bond motifs is 1. The van der Waals surface area contributed by atoms with Crippen molar-refractivity contribution in [3.05, 3.63) is 41.5 Å². The Kier molecular flexibility index (Phi) is 4.68. The molecule has 6 heteroatoms. The molecule has 1 aliphatic heterocycles. The maximum Gasteiger partial charge on any atom is 0.271 e. The zero-order valence-electron chi connectivity index (χ0n) is 15.1. The molecule has 0 radical (unpaired) electrons. The Labute approximate surface area is 157 Å². The molecular formula is C20H23N3O2S. The Bertz CT molecular complexity index is 930. The summed E-state index contributed by atoms with van der Waals surface area (Å²) in [5, 5.41) is 1.93. The molecule has 1 aromatic carbocycles. The smallest absolute Gasteiger partial charge is 0.271 e. The van der Waals surface area contributed by atoms with Crippen LogP contribution in [-0.2, 0) is 0 Å². The summed E-state index contributed by atoms with van der Waals surface area (Å²) in [5.74, 6) is 0.923. The number of imidazole rings is 1. The lowest BCUT2D eigenvalue weighted by Crippen LogP contribution is -2.43. The Morgan fingerprint density at radius 1 is 1.38 bits per heavy atom. The Morgan fingerprint density at radius 2 is 2.27 bits per heavy atom. The third-order valence-electron chi connectivity index (χ3n) is 5.15. The minimum atomic E-state index is 0.123. The summed E-state index contributed by atoms with van der Waals surface area (Å²) in [7, 11) is 1.66. The molecule has 5 nitrogen and oxygen atoms in total. The quantitative estimate of drug-likeness (QED) is 0.681. The van der Waals surface area contributed by atoms with Crippen LogP contribution in [0.5, 0.6) is 5.75 Å². The highest BCUT2D eigenvalue weighted by atomic mass is 32.1. The van der Waals surface area contributed by atoms with Crippen molar-refractivity contribution in [3.8, 4) is 17.0 Å². The molecular weight excluding hydrogens is 346 g/mol. The fraction of sp³-hybridized carbons (Fsp3) is 0.400. The number of nitrogens with zero attached hydrogens (tertiary/aromatic N) is 3. The predicted molar refractivity (Wildman–Crippen MR) is 104 cm³/mol. The van der Waals surface area contributed by atoms with Crippen LogP contribution in [0, 0.1) is 0 Å². The first-order chi connectivity index (χ1) is 12.7. The molecule has 26 heavy (non-hydrogen) atoms. The number of ether oxygens (including phenoxy) is 1. The summed E-state index contributed by atoms with van der Waals surface area (Å²) in [6.07, 6.45) is 6.38. The lowest BCUT2D eigenvalue weighted by Gasteiger charge is -2.35. The highest BCUT2D eigenvalue weighted by molar-refractivity contribution is 7.15. The average molecular weight is 369 g/mol. The van der Waals surface area contributed by atoms with E-state index < -0.39 is 0 Å². The highest BCUT2D eigenvalue weighted by Gasteiger charge is 2.28. The monoisotopic (exact) mass is 369 g/mol. The average Bonchev–Trinajstić information content (AvgIpc) is 3.28. The molecule has 2 aromatic heterocycles. The van der Waals surface area contributed by atoms with Gasteiger partial charge >= 0.3 is 0 Å². The van der Waals surface area contributed by atoms with Gasteiger partial charge in [0.05, 0.1) is 12.8 Å². The van der Waals surface area contributed by atoms with Gasteiger partial charge in [-0.25, -0.2) is 4.98 Å². The van der Waals surface area contributed by atoms with Crippen molar-refractivity contribution in [1.29, 1.82) is 0 Å². The van der Waals surface area contributed by atoms with Gasteiger partial charge in [-0.15, -0.1) is 11.3 Å². The maximum absolute atomic E-state index is 13.2. The first kappa shape index (κ1) is 17.1. The summed E-state index contributed by atoms with van der Waals surface area (Å²) in [6, 6.07) is 8.19. The lowest BCUT2D eigenvalue weighted by molar-refractivity contribution is 0.0601. The third kappa shape index (κ3) is 2.98. The molecule has 1 atom stereocenters. The molecule has 3 aromatic rings. The van der Waals surface area contributed by atoms with Crippen LogP contribution in [0.3, 0.4) is 0 Å². The van der Waals surface area contributed by atoms with Crippen LogP contribution < -0.4 is 4.74 Å². The van der Waals surface area contributed by atoms with Gasteiger partial charge in [-0.1, -0.05) is 19.1 Å². The van der Waals surface area contributed by atoms with E-state index in [1.807, 2.05) is 40.2 Å². The van der Waals surface area contributed by atoms with Crippen molar-refractivity contribution >= 4 is 22.2 Å². The number of amides is 1. The predicted octanol–water partition coefficient (Wildman–Crippen LogP) is 4.48. The number of hydrogen-bond acceptors (Lipinski definition) is 4. The fourth-order valence-corrected chi connectivity index (χ4v) is 4.55. The van der Waals surface area contributed by atoms with Gasteiger partial charge in [0, 0.05) is 29.7 Å². The molecule has 3 heterocycles. The first-order valence-electron chi connectivity index (χ1n) is 9.13. The van der Waals surface area contributed by atoms with Crippen LogP contribution in [0.2, 0.25) is 0 Å². The number of carbonyl (C=O) groups is 1. The van der Waals surface area contributed by atoms with Gasteiger partial charge in [0.15, 0.2) is 4.96 Å². The van der Waals surface area contributed by atoms with Crippen molar-refractivity contribution in [2.45, 2.75) is 38.6 Å². The van der Waals surface area contributed by atoms with E-state index >= 15 is 0 Å². The zero-order valence-corrected chi connectivity index (χ0v) is 16.0. The van der Waals surface area contributed by atoms with E-state index in [9.17, 15) is 4.79 Å². The van der Waals surface area contributed by atoms with E-state index in [2.05, 4.69) is 11.8 Å². The van der Waals surface area contributed by atoms with Crippen molar-refractivity contribution < 1.29 is 9.53 Å². The number of thiazole rings is 1. The van der Waals surface area contributed by atoms with Gasteiger partial charge in [-0.3, -0.25) is 9.20 Å². The van der Waals surface area contributed by atoms with Gasteiger partial charge < -0.3 is 9.64 Å². The molecule has 0 bridgehead atoms. The molecule has 0 unspecified atom stereocenters. The molecule has 0 N–H and O–H groups in total. The zero-order chi connectivity index (χ0) is 18.1. The van der Waals surface area contributed by atoms with Crippen molar-refractivity contribution in [2.75, 3.05) is 13.7 Å². The number of rotatable bonds is 4. The van der Waals surface area contributed by atoms with E-state index in [0.29, 0.717) is 11.7 Å². The topological polar surface area (TPSA) is 46.8 Å². The van der Waals surface area contributed by atoms with Crippen LogP contribution in [0.4, 0.5) is 0 Å². The van der Waals surface area contributed by atoms with Crippen molar-refractivity contribution in [2.24, 2.45) is 0 Å². The number of likely N-dealkylation sites (tertiary alicyclic amines) is 1. The maximum atomic E-state index is 13.2. The largest absolute Gasteiger partial charge is 0.497 e. The number of methoxy groups -OCH3 is 1. The second kappa shape index (κ2) is 7.11. The summed E-state index contributed by atoms with van der Waals surface area (Å²) in [4.78, 5) is 20.8. The van der Waals surface area contributed by atoms with E-state index in [-0.39, 0.29) is 5.91 Å². The molecule has 0 aliphatic carbocycles. The number of benzene rings is 1. The van der Waals surface area contributed by atoms with Gasteiger partial charge in [-0.05, 0) is 37.8 Å². The van der Waals surface area contributed by atoms with Crippen LogP contribution in [0.1, 0.15) is 43.1 Å². The number of aromatic nitrogens is 2. The first-order valence-corrected chi connectivity index (χ1v) is 10.0. The Balaban J connectivity index is 1.68. The number of carbonyl (C=O) groups excluding carboxylic acids is 1. The Morgan fingerprint density at radius 3 is 3.08 bits per heavy atom. The second-order valence-electron chi connectivity index (χ2n) is 6.69. The van der Waals surface area contributed by atoms with Crippen molar-refractivity contribution in [3.63, 3.8) is 0 Å². The number of hydrogen-bond donors (Lipinski definition) is 0. The van der Waals surface area contributed by atoms with Crippen LogP contribution in [0.15, 0.2) is 35.8 Å². The standard InChI is InChI=1S/C20H23N3O2S/c1-3-15-8-4-5-10-22(15)19(24)18-13-26-20-21-17(12-23(18)20)14-7-6-9-16(11-14)25-2/h6-7,9,11-13,15H,3-5,8,10H2,1-2H3/t15-/m0/s1. The van der Waals surface area contributed by atoms with E-state index in [1.54, 1.807) is 7.11 Å². The summed E-state index contributed by atoms with van der Waals surface area (Å²) in [6.45, 7) is 3.02. The van der Waals surface area contributed by atoms with Gasteiger partial charge in [0.25, 0.3) is 5.91 Å². The van der Waals surface area contributed by atoms with Gasteiger partial charge in [-0.2, -0.15) is 0 Å². The molecule has 0 spiro atoms. The van der Waals surface area contributed by atoms with Crippen LogP contribution >= 0.6 is 11.3 Å². The second-order valence-corrected chi connectivity index (χ2v) is 7.52. The summed E-state index contributed by atoms with van der Waals surface area (Å²) in [5.41, 5.74) is 2.56. The lowest BCUT2D eigenvalue weighted by atomic mass is 10.00. The minimum Gasteiger partial charge on any atom is -0.497 e. The van der Waals surface area contributed by atoms with Gasteiger partial charge in [0.1, 0.15) is 11.4 Å². The molecule has 1 fully saturated rings. The van der Waals surface area contributed by atoms with Crippen molar-refractivity contribution in [1.82, 2.24) is 14.3 Å². The molecule has 1 saturated heterocycles. The fourth-order valence-electron chi connectivity index (χ4n) is 3.70. The SMILES string of the molecule is CC[C@H]1CCCCN1C(=O)c1csc2nc(-c3cccc(OC)c3)cn12. The minimum absolute atomic E-state index is 0.123. The number of piperidine rings is 1. The van der Waals surface area contributed by atoms with E-state index in [0.717, 1.165) is 47.8 Å². The van der Waals surface area contributed by atoms with E-state index in [1.165, 1.54) is 17.8 Å². The molecule has 1 aliphatic rings. The van der Waals surface area contributed by atoms with Crippen LogP contribution in [-0.4, -0.2) is 39.9 Å². The molecule has 4 rings (SSSR count). The highest BCUT2D eigenvalue weighted by Crippen LogP contribution is 2.28. The summed E-state index contributed by atoms with van der Waals surface area (Å²) < 4.78 is 7.24. The van der Waals surface area contributed by atoms with E-state index in [4.69, 9.17) is 9.72 Å². The third-order valence-corrected chi connectivity index (χ3v) is 5.99. The van der Waals surface area contributed by atoms with Gasteiger partial charge in [0.2, 0.25) is 0 Å². The molecule has 136 valence electrons. The molecule has 1 amide bonds. The van der Waals surface area contributed by atoms with Crippen LogP contribution in [0.25, 0.3) is 16.2 Å². The Hall–Kier alpha value is -2.34. The molecule has 0 saturated carbocycles. The summed E-state index contributed by atoms with van der Waals surface area (Å²) >= 11 is 1.51.